The summed E-state index contributed by atoms with van der Waals surface area (Å²) in [6.07, 6.45) is 0. The zero-order valence-corrected chi connectivity index (χ0v) is 16.3. The first-order chi connectivity index (χ1) is 13.6. The van der Waals surface area contributed by atoms with Crippen molar-refractivity contribution >= 4 is 28.6 Å². The smallest absolute Gasteiger partial charge is 0.228 e. The highest BCUT2D eigenvalue weighted by molar-refractivity contribution is 5.90. The largest absolute Gasteiger partial charge is 0.395 e. The second-order valence-corrected chi connectivity index (χ2v) is 6.96. The van der Waals surface area contributed by atoms with Crippen LogP contribution in [0.3, 0.4) is 0 Å². The third kappa shape index (κ3) is 3.82. The first kappa shape index (κ1) is 18.4. The molecule has 0 saturated carbocycles. The highest BCUT2D eigenvalue weighted by Gasteiger charge is 2.22. The molecule has 0 spiro atoms. The van der Waals surface area contributed by atoms with E-state index in [4.69, 9.17) is 15.1 Å². The van der Waals surface area contributed by atoms with E-state index in [0.29, 0.717) is 12.5 Å². The van der Waals surface area contributed by atoms with Crippen molar-refractivity contribution in [2.24, 2.45) is 0 Å². The summed E-state index contributed by atoms with van der Waals surface area (Å²) < 4.78 is 0. The van der Waals surface area contributed by atoms with Gasteiger partial charge in [0.15, 0.2) is 0 Å². The Morgan fingerprint density at radius 3 is 2.14 bits per heavy atom. The number of aliphatic hydroxyl groups is 1. The van der Waals surface area contributed by atoms with Crippen LogP contribution in [-0.4, -0.2) is 64.4 Å². The van der Waals surface area contributed by atoms with Gasteiger partial charge in [0.1, 0.15) is 5.82 Å². The van der Waals surface area contributed by atoms with Crippen molar-refractivity contribution in [2.75, 3.05) is 54.4 Å². The zero-order valence-electron chi connectivity index (χ0n) is 16.3. The number of rotatable bonds is 5. The fourth-order valence-corrected chi connectivity index (χ4v) is 3.47. The number of fused-ring (bicyclic) bond motifs is 1. The van der Waals surface area contributed by atoms with E-state index in [0.717, 1.165) is 60.2 Å². The lowest BCUT2D eigenvalue weighted by Gasteiger charge is -2.35. The molecule has 1 aromatic carbocycles. The molecule has 0 radical (unpaired) electrons. The van der Waals surface area contributed by atoms with Crippen LogP contribution in [0.1, 0.15) is 11.4 Å². The molecular formula is C20H25N7O. The molecule has 28 heavy (non-hydrogen) atoms. The minimum Gasteiger partial charge on any atom is -0.395 e. The summed E-state index contributed by atoms with van der Waals surface area (Å²) in [6, 6.07) is 9.92. The molecule has 2 N–H and O–H groups in total. The summed E-state index contributed by atoms with van der Waals surface area (Å²) >= 11 is 0. The predicted molar refractivity (Wildman–Crippen MR) is 111 cm³/mol. The van der Waals surface area contributed by atoms with Crippen LogP contribution in [0.2, 0.25) is 0 Å². The minimum absolute atomic E-state index is 0.0578. The van der Waals surface area contributed by atoms with Crippen LogP contribution < -0.4 is 15.1 Å². The molecule has 0 unspecified atom stereocenters. The molecule has 1 fully saturated rings. The second-order valence-electron chi connectivity index (χ2n) is 6.96. The third-order valence-corrected chi connectivity index (χ3v) is 4.81. The molecular weight excluding hydrogens is 354 g/mol. The van der Waals surface area contributed by atoms with E-state index in [1.54, 1.807) is 0 Å². The number of nitrogens with zero attached hydrogens (tertiary/aromatic N) is 6. The number of piperazine rings is 1. The van der Waals surface area contributed by atoms with Crippen LogP contribution in [0.4, 0.5) is 17.7 Å². The number of benzene rings is 1. The first-order valence-corrected chi connectivity index (χ1v) is 9.58. The van der Waals surface area contributed by atoms with Crippen LogP contribution in [0.5, 0.6) is 0 Å². The van der Waals surface area contributed by atoms with E-state index in [1.165, 1.54) is 0 Å². The third-order valence-electron chi connectivity index (χ3n) is 4.81. The number of hydrogen-bond donors (Lipinski definition) is 2. The Kier molecular flexibility index (Phi) is 5.21. The summed E-state index contributed by atoms with van der Waals surface area (Å²) in [5.41, 5.74) is 2.87. The molecule has 1 saturated heterocycles. The Hall–Kier alpha value is -3.00. The van der Waals surface area contributed by atoms with Crippen molar-refractivity contribution in [3.05, 3.63) is 41.7 Å². The molecule has 146 valence electrons. The molecule has 3 aromatic rings. The second kappa shape index (κ2) is 7.93. The quantitative estimate of drug-likeness (QED) is 0.693. The summed E-state index contributed by atoms with van der Waals surface area (Å²) in [4.78, 5) is 23.0. The van der Waals surface area contributed by atoms with E-state index >= 15 is 0 Å². The van der Waals surface area contributed by atoms with Crippen molar-refractivity contribution in [3.8, 4) is 0 Å². The lowest BCUT2D eigenvalue weighted by atomic mass is 10.2. The van der Waals surface area contributed by atoms with Gasteiger partial charge in [0, 0.05) is 49.5 Å². The molecule has 0 bridgehead atoms. The van der Waals surface area contributed by atoms with Gasteiger partial charge in [-0.3, -0.25) is 0 Å². The Labute approximate surface area is 164 Å². The summed E-state index contributed by atoms with van der Waals surface area (Å²) in [5.74, 6) is 2.26. The molecule has 1 aliphatic heterocycles. The van der Waals surface area contributed by atoms with Gasteiger partial charge in [-0.2, -0.15) is 4.98 Å². The van der Waals surface area contributed by atoms with Gasteiger partial charge in [-0.15, -0.1) is 0 Å². The van der Waals surface area contributed by atoms with Crippen molar-refractivity contribution < 1.29 is 5.11 Å². The molecule has 2 aromatic heterocycles. The van der Waals surface area contributed by atoms with Crippen LogP contribution in [-0.2, 0) is 0 Å². The summed E-state index contributed by atoms with van der Waals surface area (Å²) in [7, 11) is 0. The van der Waals surface area contributed by atoms with Gasteiger partial charge in [0.25, 0.3) is 0 Å². The molecule has 0 aliphatic carbocycles. The number of aliphatic hydroxyl groups excluding tert-OH is 1. The maximum atomic E-state index is 9.16. The lowest BCUT2D eigenvalue weighted by Crippen LogP contribution is -2.47. The van der Waals surface area contributed by atoms with Gasteiger partial charge >= 0.3 is 0 Å². The SMILES string of the molecule is Cc1cc(C)nc(N2CCN(c3nc(NCCO)c4ccccc4n3)CC2)n1. The van der Waals surface area contributed by atoms with Gasteiger partial charge < -0.3 is 20.2 Å². The van der Waals surface area contributed by atoms with Crippen LogP contribution in [0.15, 0.2) is 30.3 Å². The average molecular weight is 379 g/mol. The fourth-order valence-electron chi connectivity index (χ4n) is 3.47. The van der Waals surface area contributed by atoms with Gasteiger partial charge in [-0.1, -0.05) is 12.1 Å². The van der Waals surface area contributed by atoms with Crippen molar-refractivity contribution in [1.29, 1.82) is 0 Å². The standard InChI is InChI=1S/C20H25N7O/c1-14-13-15(2)23-19(22-14)26-8-10-27(11-9-26)20-24-17-6-4-3-5-16(17)18(25-20)21-7-12-28/h3-6,13,28H,7-12H2,1-2H3,(H,21,24,25). The van der Waals surface area contributed by atoms with Gasteiger partial charge in [-0.25, -0.2) is 15.0 Å². The van der Waals surface area contributed by atoms with Gasteiger partial charge in [0.2, 0.25) is 11.9 Å². The number of aryl methyl sites for hydroxylation is 2. The van der Waals surface area contributed by atoms with Crippen molar-refractivity contribution in [1.82, 2.24) is 19.9 Å². The maximum absolute atomic E-state index is 9.16. The molecule has 0 amide bonds. The normalized spacial score (nSPS) is 14.5. The summed E-state index contributed by atoms with van der Waals surface area (Å²) in [5, 5.41) is 13.3. The molecule has 0 atom stereocenters. The minimum atomic E-state index is 0.0578. The highest BCUT2D eigenvalue weighted by atomic mass is 16.3. The fraction of sp³-hybridized carbons (Fsp3) is 0.400. The zero-order chi connectivity index (χ0) is 19.5. The Morgan fingerprint density at radius 2 is 1.50 bits per heavy atom. The van der Waals surface area contributed by atoms with E-state index in [2.05, 4.69) is 25.1 Å². The number of aromatic nitrogens is 4. The van der Waals surface area contributed by atoms with E-state index in [-0.39, 0.29) is 6.61 Å². The van der Waals surface area contributed by atoms with E-state index < -0.39 is 0 Å². The monoisotopic (exact) mass is 379 g/mol. The Balaban J connectivity index is 1.55. The van der Waals surface area contributed by atoms with Gasteiger partial charge in [0.05, 0.1) is 12.1 Å². The number of nitrogens with one attached hydrogen (secondary N) is 1. The molecule has 8 nitrogen and oxygen atoms in total. The van der Waals surface area contributed by atoms with E-state index in [9.17, 15) is 0 Å². The van der Waals surface area contributed by atoms with Crippen molar-refractivity contribution in [2.45, 2.75) is 13.8 Å². The Morgan fingerprint density at radius 1 is 0.893 bits per heavy atom. The molecule has 8 heteroatoms. The molecule has 4 rings (SSSR count). The number of para-hydroxylation sites is 1. The van der Waals surface area contributed by atoms with Crippen LogP contribution >= 0.6 is 0 Å². The molecule has 3 heterocycles. The highest BCUT2D eigenvalue weighted by Crippen LogP contribution is 2.24. The lowest BCUT2D eigenvalue weighted by molar-refractivity contribution is 0.311. The summed E-state index contributed by atoms with van der Waals surface area (Å²) in [6.45, 7) is 7.75. The predicted octanol–water partition coefficient (Wildman–Crippen LogP) is 1.77. The first-order valence-electron chi connectivity index (χ1n) is 9.58. The topological polar surface area (TPSA) is 90.3 Å². The van der Waals surface area contributed by atoms with Gasteiger partial charge in [-0.05, 0) is 32.0 Å². The van der Waals surface area contributed by atoms with E-state index in [1.807, 2.05) is 44.2 Å². The molecule has 1 aliphatic rings. The van der Waals surface area contributed by atoms with Crippen LogP contribution in [0.25, 0.3) is 10.9 Å². The maximum Gasteiger partial charge on any atom is 0.228 e. The number of anilines is 3. The average Bonchev–Trinajstić information content (AvgIpc) is 2.71. The van der Waals surface area contributed by atoms with Crippen LogP contribution in [0, 0.1) is 13.8 Å². The Bertz CT molecular complexity index is 950. The van der Waals surface area contributed by atoms with Crippen molar-refractivity contribution in [3.63, 3.8) is 0 Å². The number of hydrogen-bond acceptors (Lipinski definition) is 8.